The number of ether oxygens (including phenoxy) is 1. The summed E-state index contributed by atoms with van der Waals surface area (Å²) < 4.78 is 5.53. The predicted molar refractivity (Wildman–Crippen MR) is 133 cm³/mol. The number of aldehydes is 1. The molecule has 0 spiro atoms. The highest BCUT2D eigenvalue weighted by atomic mass is 16.5. The van der Waals surface area contributed by atoms with Crippen LogP contribution in [-0.4, -0.2) is 59.5 Å². The van der Waals surface area contributed by atoms with Crippen LogP contribution in [0, 0.1) is 0 Å². The number of hydrogen-bond acceptors (Lipinski definition) is 6. The van der Waals surface area contributed by atoms with Crippen LogP contribution < -0.4 is 5.32 Å². The molecule has 6 rings (SSSR count). The zero-order chi connectivity index (χ0) is 22.9. The Morgan fingerprint density at radius 1 is 0.941 bits per heavy atom. The van der Waals surface area contributed by atoms with Crippen LogP contribution in [0.25, 0.3) is 22.3 Å². The number of carbonyl (C=O) groups is 1. The van der Waals surface area contributed by atoms with E-state index in [9.17, 15) is 4.79 Å². The summed E-state index contributed by atoms with van der Waals surface area (Å²) in [5.74, 6) is 0.965. The fourth-order valence-corrected chi connectivity index (χ4v) is 5.75. The minimum atomic E-state index is 0.444. The normalized spacial score (nSPS) is 22.1. The summed E-state index contributed by atoms with van der Waals surface area (Å²) >= 11 is 0. The first-order valence-electron chi connectivity index (χ1n) is 12.4. The van der Waals surface area contributed by atoms with Gasteiger partial charge in [-0.2, -0.15) is 0 Å². The first-order chi connectivity index (χ1) is 16.8. The molecule has 0 radical (unpaired) electrons. The molecule has 2 aromatic carbocycles. The molecule has 0 bridgehead atoms. The van der Waals surface area contributed by atoms with E-state index >= 15 is 0 Å². The highest BCUT2D eigenvalue weighted by Gasteiger charge is 2.29. The third-order valence-corrected chi connectivity index (χ3v) is 7.64. The maximum absolute atomic E-state index is 11.0. The van der Waals surface area contributed by atoms with Gasteiger partial charge in [-0.25, -0.2) is 9.97 Å². The van der Waals surface area contributed by atoms with Gasteiger partial charge in [0.1, 0.15) is 18.4 Å². The number of morpholine rings is 1. The van der Waals surface area contributed by atoms with Crippen molar-refractivity contribution in [2.24, 2.45) is 0 Å². The second-order valence-corrected chi connectivity index (χ2v) is 9.63. The highest BCUT2D eigenvalue weighted by Crippen LogP contribution is 2.42. The molecule has 0 amide bonds. The summed E-state index contributed by atoms with van der Waals surface area (Å²) in [5, 5.41) is 3.79. The summed E-state index contributed by atoms with van der Waals surface area (Å²) in [6, 6.07) is 15.5. The van der Waals surface area contributed by atoms with Crippen molar-refractivity contribution in [3.8, 4) is 22.3 Å². The van der Waals surface area contributed by atoms with Gasteiger partial charge >= 0.3 is 0 Å². The topological polar surface area (TPSA) is 67.4 Å². The average Bonchev–Trinajstić information content (AvgIpc) is 3.28. The third-order valence-electron chi connectivity index (χ3n) is 7.64. The molecule has 3 aliphatic rings. The van der Waals surface area contributed by atoms with Crippen LogP contribution in [0.4, 0.5) is 5.82 Å². The quantitative estimate of drug-likeness (QED) is 0.445. The highest BCUT2D eigenvalue weighted by molar-refractivity contribution is 5.87. The van der Waals surface area contributed by atoms with Crippen molar-refractivity contribution in [3.63, 3.8) is 0 Å². The Balaban J connectivity index is 1.22. The number of rotatable bonds is 5. The van der Waals surface area contributed by atoms with Crippen molar-refractivity contribution >= 4 is 12.1 Å². The van der Waals surface area contributed by atoms with Gasteiger partial charge in [-0.05, 0) is 54.0 Å². The number of fused-ring (bicyclic) bond motifs is 3. The number of carbonyl (C=O) groups excluding carboxylic acids is 1. The number of hydrogen-bond donors (Lipinski definition) is 1. The van der Waals surface area contributed by atoms with Crippen LogP contribution in [0.5, 0.6) is 0 Å². The molecule has 1 saturated carbocycles. The first-order valence-corrected chi connectivity index (χ1v) is 12.4. The third kappa shape index (κ3) is 4.12. The molecule has 0 atom stereocenters. The molecular weight excluding hydrogens is 424 g/mol. The fourth-order valence-electron chi connectivity index (χ4n) is 5.75. The van der Waals surface area contributed by atoms with Crippen LogP contribution in [-0.2, 0) is 11.2 Å². The van der Waals surface area contributed by atoms with E-state index in [4.69, 9.17) is 4.74 Å². The van der Waals surface area contributed by atoms with Crippen molar-refractivity contribution in [3.05, 3.63) is 65.6 Å². The van der Waals surface area contributed by atoms with Gasteiger partial charge in [-0.15, -0.1) is 0 Å². The summed E-state index contributed by atoms with van der Waals surface area (Å²) in [6.45, 7) is 3.88. The molecule has 2 fully saturated rings. The van der Waals surface area contributed by atoms with Crippen molar-refractivity contribution in [1.82, 2.24) is 14.9 Å². The number of anilines is 1. The van der Waals surface area contributed by atoms with Gasteiger partial charge in [0.05, 0.1) is 18.9 Å². The molecule has 174 valence electrons. The Morgan fingerprint density at radius 3 is 2.47 bits per heavy atom. The SMILES string of the molecule is O=Cc1ccc(-c2ccc3c(c2)-c2c(ncnc2NC2CCC(N4CCOCC4)CC2)C3)cc1. The van der Waals surface area contributed by atoms with Crippen molar-refractivity contribution in [2.45, 2.75) is 44.2 Å². The van der Waals surface area contributed by atoms with Crippen LogP contribution in [0.1, 0.15) is 47.3 Å². The smallest absolute Gasteiger partial charge is 0.150 e. The van der Waals surface area contributed by atoms with E-state index in [0.29, 0.717) is 17.6 Å². The summed E-state index contributed by atoms with van der Waals surface area (Å²) in [4.78, 5) is 22.9. The van der Waals surface area contributed by atoms with Gasteiger partial charge in [-0.1, -0.05) is 36.4 Å². The molecule has 6 heteroatoms. The van der Waals surface area contributed by atoms with Crippen molar-refractivity contribution < 1.29 is 9.53 Å². The molecule has 34 heavy (non-hydrogen) atoms. The van der Waals surface area contributed by atoms with E-state index in [1.54, 1.807) is 6.33 Å². The van der Waals surface area contributed by atoms with Gasteiger partial charge in [0.25, 0.3) is 0 Å². The molecule has 0 unspecified atom stereocenters. The predicted octanol–water partition coefficient (Wildman–Crippen LogP) is 4.58. The van der Waals surface area contributed by atoms with Gasteiger partial charge in [0.2, 0.25) is 0 Å². The number of nitrogens with zero attached hydrogens (tertiary/aromatic N) is 3. The van der Waals surface area contributed by atoms with E-state index in [2.05, 4.69) is 38.4 Å². The number of benzene rings is 2. The summed E-state index contributed by atoms with van der Waals surface area (Å²) in [7, 11) is 0. The van der Waals surface area contributed by atoms with E-state index in [1.165, 1.54) is 24.0 Å². The van der Waals surface area contributed by atoms with E-state index < -0.39 is 0 Å². The van der Waals surface area contributed by atoms with Crippen molar-refractivity contribution in [2.75, 3.05) is 31.6 Å². The average molecular weight is 455 g/mol. The zero-order valence-electron chi connectivity index (χ0n) is 19.4. The summed E-state index contributed by atoms with van der Waals surface area (Å²) in [5.41, 5.74) is 7.71. The Kier molecular flexibility index (Phi) is 5.85. The molecule has 6 nitrogen and oxygen atoms in total. The second kappa shape index (κ2) is 9.28. The molecular formula is C28H30N4O2. The molecule has 1 aromatic heterocycles. The standard InChI is InChI=1S/C28H30N4O2/c33-17-19-1-3-20(4-2-19)21-5-6-22-16-26-27(25(22)15-21)28(30-18-29-26)31-23-7-9-24(10-8-23)32-11-13-34-14-12-32/h1-6,15,17-18,23-24H,7-14,16H2,(H,29,30,31). The monoisotopic (exact) mass is 454 g/mol. The van der Waals surface area contributed by atoms with Gasteiger partial charge in [-0.3, -0.25) is 9.69 Å². The lowest BCUT2D eigenvalue weighted by atomic mass is 9.89. The molecule has 1 N–H and O–H groups in total. The minimum Gasteiger partial charge on any atom is -0.379 e. The molecule has 3 aromatic rings. The van der Waals surface area contributed by atoms with E-state index in [0.717, 1.165) is 80.1 Å². The Bertz CT molecular complexity index is 1180. The largest absolute Gasteiger partial charge is 0.379 e. The zero-order valence-corrected chi connectivity index (χ0v) is 19.4. The lowest BCUT2D eigenvalue weighted by Crippen LogP contribution is -2.46. The van der Waals surface area contributed by atoms with Crippen LogP contribution >= 0.6 is 0 Å². The summed E-state index contributed by atoms with van der Waals surface area (Å²) in [6.07, 6.45) is 8.20. The van der Waals surface area contributed by atoms with Crippen molar-refractivity contribution in [1.29, 1.82) is 0 Å². The molecule has 2 aliphatic carbocycles. The maximum atomic E-state index is 11.0. The fraction of sp³-hybridized carbons (Fsp3) is 0.393. The van der Waals surface area contributed by atoms with Crippen LogP contribution in [0.3, 0.4) is 0 Å². The molecule has 2 heterocycles. The minimum absolute atomic E-state index is 0.444. The Hall–Kier alpha value is -3.09. The van der Waals surface area contributed by atoms with E-state index in [-0.39, 0.29) is 0 Å². The van der Waals surface area contributed by atoms with Gasteiger partial charge in [0.15, 0.2) is 0 Å². The first kappa shape index (κ1) is 21.4. The Labute approximate surface area is 200 Å². The van der Waals surface area contributed by atoms with Gasteiger partial charge in [0, 0.05) is 42.7 Å². The lowest BCUT2D eigenvalue weighted by molar-refractivity contribution is 0.00791. The Morgan fingerprint density at radius 2 is 1.71 bits per heavy atom. The molecule has 1 aliphatic heterocycles. The van der Waals surface area contributed by atoms with Gasteiger partial charge < -0.3 is 10.1 Å². The van der Waals surface area contributed by atoms with E-state index in [1.807, 2.05) is 24.3 Å². The van der Waals surface area contributed by atoms with Crippen LogP contribution in [0.2, 0.25) is 0 Å². The number of nitrogens with one attached hydrogen (secondary N) is 1. The van der Waals surface area contributed by atoms with Crippen LogP contribution in [0.15, 0.2) is 48.8 Å². The number of aromatic nitrogens is 2. The molecule has 1 saturated heterocycles. The second-order valence-electron chi connectivity index (χ2n) is 9.63. The lowest BCUT2D eigenvalue weighted by Gasteiger charge is -2.39. The maximum Gasteiger partial charge on any atom is 0.150 e.